The average molecular weight is 483 g/mol. The summed E-state index contributed by atoms with van der Waals surface area (Å²) in [5.41, 5.74) is 5.01. The van der Waals surface area contributed by atoms with Crippen molar-refractivity contribution in [2.24, 2.45) is 5.41 Å². The molecule has 0 radical (unpaired) electrons. The van der Waals surface area contributed by atoms with Crippen LogP contribution < -0.4 is 0 Å². The quantitative estimate of drug-likeness (QED) is 0.255. The molecular formula is C25H27BrN2O3. The molecule has 1 aliphatic carbocycles. The molecule has 0 saturated heterocycles. The predicted octanol–water partition coefficient (Wildman–Crippen LogP) is 6.11. The summed E-state index contributed by atoms with van der Waals surface area (Å²) in [5, 5.41) is 0. The number of hydrogen-bond acceptors (Lipinski definition) is 4. The van der Waals surface area contributed by atoms with Gasteiger partial charge in [0.2, 0.25) is 0 Å². The number of aromatic nitrogens is 2. The largest absolute Gasteiger partial charge is 0.463 e. The molecule has 1 saturated carbocycles. The average Bonchev–Trinajstić information content (AvgIpc) is 3.15. The lowest BCUT2D eigenvalue weighted by atomic mass is 9.71. The zero-order chi connectivity index (χ0) is 22.3. The SMILES string of the molecule is COC(=O)C(=O)c1c(C)cc2nc(-c3cccc(Br)c3)cn2c1C1CCC(C)(C)CC1. The second-order valence-electron chi connectivity index (χ2n) is 9.21. The molecule has 4 rings (SSSR count). The Morgan fingerprint density at radius 3 is 2.55 bits per heavy atom. The van der Waals surface area contributed by atoms with E-state index < -0.39 is 11.8 Å². The van der Waals surface area contributed by atoms with Crippen molar-refractivity contribution in [3.8, 4) is 11.3 Å². The fraction of sp³-hybridized carbons (Fsp3) is 0.400. The maximum Gasteiger partial charge on any atom is 0.379 e. The Morgan fingerprint density at radius 1 is 1.19 bits per heavy atom. The predicted molar refractivity (Wildman–Crippen MR) is 124 cm³/mol. The van der Waals surface area contributed by atoms with Gasteiger partial charge in [0.1, 0.15) is 5.65 Å². The highest BCUT2D eigenvalue weighted by Gasteiger charge is 2.34. The summed E-state index contributed by atoms with van der Waals surface area (Å²) in [6, 6.07) is 9.88. The third kappa shape index (κ3) is 4.18. The van der Waals surface area contributed by atoms with Crippen molar-refractivity contribution >= 4 is 33.3 Å². The minimum atomic E-state index is -0.827. The molecule has 0 amide bonds. The van der Waals surface area contributed by atoms with E-state index in [1.165, 1.54) is 7.11 Å². The number of carbonyl (C=O) groups excluding carboxylic acids is 2. The summed E-state index contributed by atoms with van der Waals surface area (Å²) in [5.74, 6) is -1.23. The number of ketones is 1. The molecular weight excluding hydrogens is 456 g/mol. The number of carbonyl (C=O) groups is 2. The first-order valence-corrected chi connectivity index (χ1v) is 11.4. The van der Waals surface area contributed by atoms with E-state index in [1.807, 2.05) is 47.9 Å². The van der Waals surface area contributed by atoms with Gasteiger partial charge in [-0.3, -0.25) is 4.79 Å². The molecule has 0 unspecified atom stereocenters. The van der Waals surface area contributed by atoms with Crippen LogP contribution >= 0.6 is 15.9 Å². The lowest BCUT2D eigenvalue weighted by molar-refractivity contribution is -0.135. The number of methoxy groups -OCH3 is 1. The van der Waals surface area contributed by atoms with Crippen LogP contribution in [0.5, 0.6) is 0 Å². The molecule has 0 aliphatic heterocycles. The van der Waals surface area contributed by atoms with Gasteiger partial charge in [-0.25, -0.2) is 9.78 Å². The zero-order valence-corrected chi connectivity index (χ0v) is 20.0. The van der Waals surface area contributed by atoms with Gasteiger partial charge < -0.3 is 9.14 Å². The van der Waals surface area contributed by atoms with Crippen LogP contribution in [-0.4, -0.2) is 28.2 Å². The molecule has 3 aromatic rings. The Morgan fingerprint density at radius 2 is 1.90 bits per heavy atom. The van der Waals surface area contributed by atoms with Crippen molar-refractivity contribution in [3.63, 3.8) is 0 Å². The number of hydrogen-bond donors (Lipinski definition) is 0. The van der Waals surface area contributed by atoms with Crippen LogP contribution in [0.15, 0.2) is 41.0 Å². The van der Waals surface area contributed by atoms with Gasteiger partial charge in [0.25, 0.3) is 5.78 Å². The van der Waals surface area contributed by atoms with Crippen molar-refractivity contribution in [2.75, 3.05) is 7.11 Å². The van der Waals surface area contributed by atoms with Crippen LogP contribution in [0.1, 0.15) is 67.1 Å². The summed E-state index contributed by atoms with van der Waals surface area (Å²) < 4.78 is 7.78. The number of ether oxygens (including phenoxy) is 1. The summed E-state index contributed by atoms with van der Waals surface area (Å²) in [4.78, 5) is 30.1. The lowest BCUT2D eigenvalue weighted by Crippen LogP contribution is -2.26. The van der Waals surface area contributed by atoms with E-state index in [1.54, 1.807) is 0 Å². The van der Waals surface area contributed by atoms with Crippen molar-refractivity contribution in [1.29, 1.82) is 0 Å². The van der Waals surface area contributed by atoms with Gasteiger partial charge >= 0.3 is 5.97 Å². The molecule has 0 bridgehead atoms. The number of nitrogens with zero attached hydrogens (tertiary/aromatic N) is 2. The number of pyridine rings is 1. The van der Waals surface area contributed by atoms with Crippen molar-refractivity contribution in [3.05, 3.63) is 57.8 Å². The maximum absolute atomic E-state index is 13.0. The van der Waals surface area contributed by atoms with E-state index in [2.05, 4.69) is 29.8 Å². The standard InChI is InChI=1S/C25H27BrN2O3/c1-15-12-20-27-19(17-6-5-7-18(26)13-17)14-28(20)22(21(15)23(29)24(30)31-4)16-8-10-25(2,3)11-9-16/h5-7,12-14,16H,8-11H2,1-4H3. The second-order valence-corrected chi connectivity index (χ2v) is 10.1. The highest BCUT2D eigenvalue weighted by atomic mass is 79.9. The lowest BCUT2D eigenvalue weighted by Gasteiger charge is -2.35. The molecule has 1 fully saturated rings. The van der Waals surface area contributed by atoms with E-state index in [-0.39, 0.29) is 5.92 Å². The van der Waals surface area contributed by atoms with E-state index >= 15 is 0 Å². The van der Waals surface area contributed by atoms with Crippen LogP contribution in [0.2, 0.25) is 0 Å². The number of Topliss-reactive ketones (excluding diaryl/α,β-unsaturated/α-hetero) is 1. The van der Waals surface area contributed by atoms with Gasteiger partial charge in [-0.05, 0) is 61.8 Å². The Bertz CT molecular complexity index is 1170. The highest BCUT2D eigenvalue weighted by molar-refractivity contribution is 9.10. The Hall–Kier alpha value is -2.47. The molecule has 5 nitrogen and oxygen atoms in total. The van der Waals surface area contributed by atoms with Gasteiger partial charge in [0.15, 0.2) is 0 Å². The van der Waals surface area contributed by atoms with E-state index in [0.717, 1.165) is 58.3 Å². The molecule has 6 heteroatoms. The van der Waals surface area contributed by atoms with E-state index in [4.69, 9.17) is 9.72 Å². The molecule has 2 heterocycles. The molecule has 0 N–H and O–H groups in total. The Labute approximate surface area is 191 Å². The molecule has 1 aliphatic rings. The monoisotopic (exact) mass is 482 g/mol. The summed E-state index contributed by atoms with van der Waals surface area (Å²) >= 11 is 3.53. The molecule has 2 aromatic heterocycles. The summed E-state index contributed by atoms with van der Waals surface area (Å²) in [6.45, 7) is 6.45. The van der Waals surface area contributed by atoms with Gasteiger partial charge in [0, 0.05) is 27.8 Å². The first-order valence-electron chi connectivity index (χ1n) is 10.6. The molecule has 0 atom stereocenters. The van der Waals surface area contributed by atoms with Crippen LogP contribution in [0.3, 0.4) is 0 Å². The molecule has 1 aromatic carbocycles. The van der Waals surface area contributed by atoms with Crippen LogP contribution in [0, 0.1) is 12.3 Å². The van der Waals surface area contributed by atoms with Gasteiger partial charge in [-0.15, -0.1) is 0 Å². The summed E-state index contributed by atoms with van der Waals surface area (Å²) in [6.07, 6.45) is 6.08. The number of esters is 1. The number of aryl methyl sites for hydroxylation is 1. The topological polar surface area (TPSA) is 60.7 Å². The third-order valence-electron chi connectivity index (χ3n) is 6.43. The van der Waals surface area contributed by atoms with Crippen LogP contribution in [0.25, 0.3) is 16.9 Å². The molecule has 162 valence electrons. The van der Waals surface area contributed by atoms with E-state index in [9.17, 15) is 9.59 Å². The normalized spacial score (nSPS) is 16.4. The third-order valence-corrected chi connectivity index (χ3v) is 6.93. The first-order chi connectivity index (χ1) is 14.7. The van der Waals surface area contributed by atoms with E-state index in [0.29, 0.717) is 11.0 Å². The second kappa shape index (κ2) is 8.23. The Kier molecular flexibility index (Phi) is 5.77. The number of fused-ring (bicyclic) bond motifs is 1. The number of halogens is 1. The minimum absolute atomic E-state index is 0.184. The van der Waals surface area contributed by atoms with Gasteiger partial charge in [-0.1, -0.05) is 41.9 Å². The van der Waals surface area contributed by atoms with Crippen molar-refractivity contribution < 1.29 is 14.3 Å². The number of benzene rings is 1. The van der Waals surface area contributed by atoms with Gasteiger partial charge in [-0.2, -0.15) is 0 Å². The van der Waals surface area contributed by atoms with Crippen molar-refractivity contribution in [1.82, 2.24) is 9.38 Å². The van der Waals surface area contributed by atoms with Crippen LogP contribution in [-0.2, 0) is 9.53 Å². The molecule has 31 heavy (non-hydrogen) atoms. The summed E-state index contributed by atoms with van der Waals surface area (Å²) in [7, 11) is 1.25. The fourth-order valence-electron chi connectivity index (χ4n) is 4.63. The smallest absolute Gasteiger partial charge is 0.379 e. The highest BCUT2D eigenvalue weighted by Crippen LogP contribution is 2.44. The van der Waals surface area contributed by atoms with Gasteiger partial charge in [0.05, 0.1) is 18.4 Å². The van der Waals surface area contributed by atoms with Crippen molar-refractivity contribution in [2.45, 2.75) is 52.4 Å². The molecule has 0 spiro atoms. The van der Waals surface area contributed by atoms with Crippen LogP contribution in [0.4, 0.5) is 0 Å². The number of rotatable bonds is 4. The maximum atomic E-state index is 13.0. The fourth-order valence-corrected chi connectivity index (χ4v) is 5.03. The Balaban J connectivity index is 1.92. The minimum Gasteiger partial charge on any atom is -0.463 e. The first kappa shape index (κ1) is 21.8. The zero-order valence-electron chi connectivity index (χ0n) is 18.4. The number of imidazole rings is 1.